The minimum absolute atomic E-state index is 0.0140. The molecule has 2 rings (SSSR count). The summed E-state index contributed by atoms with van der Waals surface area (Å²) in [5.74, 6) is 0.142. The van der Waals surface area contributed by atoms with Gasteiger partial charge in [-0.2, -0.15) is 0 Å². The van der Waals surface area contributed by atoms with Gasteiger partial charge in [0.25, 0.3) is 5.91 Å². The molecule has 1 aromatic heterocycles. The van der Waals surface area contributed by atoms with Gasteiger partial charge in [-0.05, 0) is 25.3 Å². The molecule has 22 heavy (non-hydrogen) atoms. The van der Waals surface area contributed by atoms with Crippen molar-refractivity contribution in [1.29, 1.82) is 0 Å². The zero-order valence-corrected chi connectivity index (χ0v) is 14.0. The number of aromatic amines is 1. The van der Waals surface area contributed by atoms with Crippen LogP contribution in [-0.4, -0.2) is 30.1 Å². The van der Waals surface area contributed by atoms with Crippen LogP contribution >= 0.6 is 0 Å². The molecule has 1 aromatic rings. The van der Waals surface area contributed by atoms with Crippen LogP contribution in [0.3, 0.4) is 0 Å². The third-order valence-corrected chi connectivity index (χ3v) is 5.42. The second kappa shape index (κ2) is 6.24. The summed E-state index contributed by atoms with van der Waals surface area (Å²) in [4.78, 5) is 26.4. The lowest BCUT2D eigenvalue weighted by Crippen LogP contribution is -2.70. The van der Waals surface area contributed by atoms with Gasteiger partial charge in [0.05, 0.1) is 11.7 Å². The molecule has 122 valence electrons. The van der Waals surface area contributed by atoms with E-state index >= 15 is 0 Å². The van der Waals surface area contributed by atoms with Crippen molar-refractivity contribution in [2.45, 2.75) is 52.7 Å². The molecule has 3 atom stereocenters. The van der Waals surface area contributed by atoms with E-state index in [9.17, 15) is 9.59 Å². The summed E-state index contributed by atoms with van der Waals surface area (Å²) in [7, 11) is 1.74. The van der Waals surface area contributed by atoms with Gasteiger partial charge in [-0.3, -0.25) is 9.59 Å². The van der Waals surface area contributed by atoms with Crippen molar-refractivity contribution in [3.05, 3.63) is 33.7 Å². The van der Waals surface area contributed by atoms with Crippen LogP contribution < -0.4 is 10.9 Å². The van der Waals surface area contributed by atoms with E-state index < -0.39 is 0 Å². The molecule has 0 bridgehead atoms. The van der Waals surface area contributed by atoms with Crippen LogP contribution in [0.2, 0.25) is 0 Å². The number of hydrogen-bond donors (Lipinski definition) is 2. The van der Waals surface area contributed by atoms with Crippen molar-refractivity contribution in [1.82, 2.24) is 10.3 Å². The van der Waals surface area contributed by atoms with Gasteiger partial charge in [0.1, 0.15) is 0 Å². The van der Waals surface area contributed by atoms with E-state index in [1.807, 2.05) is 0 Å². The van der Waals surface area contributed by atoms with Crippen LogP contribution in [0.1, 0.15) is 49.5 Å². The predicted molar refractivity (Wildman–Crippen MR) is 86.0 cm³/mol. The van der Waals surface area contributed by atoms with Gasteiger partial charge in [-0.25, -0.2) is 0 Å². The molecule has 0 spiro atoms. The number of carbonyl (C=O) groups excluding carboxylic acids is 1. The van der Waals surface area contributed by atoms with E-state index in [-0.39, 0.29) is 34.9 Å². The number of H-pyrrole nitrogens is 1. The number of nitrogens with one attached hydrogen (secondary N) is 2. The number of hydrogen-bond acceptors (Lipinski definition) is 3. The molecular weight excluding hydrogens is 280 g/mol. The predicted octanol–water partition coefficient (Wildman–Crippen LogP) is 2.25. The van der Waals surface area contributed by atoms with E-state index in [1.54, 1.807) is 14.0 Å². The van der Waals surface area contributed by atoms with Gasteiger partial charge in [0, 0.05) is 36.7 Å². The van der Waals surface area contributed by atoms with Crippen LogP contribution in [-0.2, 0) is 4.74 Å². The number of rotatable bonds is 5. The van der Waals surface area contributed by atoms with Gasteiger partial charge in [-0.1, -0.05) is 20.8 Å². The minimum Gasteiger partial charge on any atom is -0.380 e. The summed E-state index contributed by atoms with van der Waals surface area (Å²) in [5, 5.41) is 3.16. The fourth-order valence-corrected chi connectivity index (χ4v) is 4.13. The molecule has 1 saturated carbocycles. The number of methoxy groups -OCH3 is 1. The molecule has 1 amide bonds. The first-order valence-electron chi connectivity index (χ1n) is 7.94. The van der Waals surface area contributed by atoms with Crippen molar-refractivity contribution < 1.29 is 9.53 Å². The third kappa shape index (κ3) is 2.47. The average molecular weight is 306 g/mol. The molecule has 0 radical (unpaired) electrons. The zero-order chi connectivity index (χ0) is 16.5. The topological polar surface area (TPSA) is 71.2 Å². The smallest absolute Gasteiger partial charge is 0.253 e. The van der Waals surface area contributed by atoms with E-state index in [0.29, 0.717) is 11.1 Å². The average Bonchev–Trinajstić information content (AvgIpc) is 2.49. The number of amides is 1. The number of ether oxygens (including phenoxy) is 1. The lowest BCUT2D eigenvalue weighted by molar-refractivity contribution is -0.164. The molecule has 1 aliphatic carbocycles. The Labute approximate surface area is 131 Å². The quantitative estimate of drug-likeness (QED) is 0.876. The number of aromatic nitrogens is 1. The van der Waals surface area contributed by atoms with Gasteiger partial charge in [-0.15, -0.1) is 0 Å². The Morgan fingerprint density at radius 1 is 1.41 bits per heavy atom. The highest BCUT2D eigenvalue weighted by atomic mass is 16.5. The van der Waals surface area contributed by atoms with Gasteiger partial charge < -0.3 is 15.0 Å². The molecule has 0 aromatic carbocycles. The van der Waals surface area contributed by atoms with Crippen LogP contribution in [0.25, 0.3) is 0 Å². The van der Waals surface area contributed by atoms with E-state index in [1.165, 1.54) is 12.3 Å². The Bertz CT molecular complexity index is 604. The Balaban J connectivity index is 2.22. The number of aryl methyl sites for hydroxylation is 1. The first-order chi connectivity index (χ1) is 10.4. The third-order valence-electron chi connectivity index (χ3n) is 5.42. The van der Waals surface area contributed by atoms with Gasteiger partial charge >= 0.3 is 0 Å². The lowest BCUT2D eigenvalue weighted by Gasteiger charge is -2.59. The van der Waals surface area contributed by atoms with Crippen molar-refractivity contribution >= 4 is 5.91 Å². The van der Waals surface area contributed by atoms with Crippen molar-refractivity contribution in [3.8, 4) is 0 Å². The number of carbonyl (C=O) groups is 1. The molecule has 5 heteroatoms. The highest BCUT2D eigenvalue weighted by Crippen LogP contribution is 2.52. The summed E-state index contributed by atoms with van der Waals surface area (Å²) in [5.41, 5.74) is 1.01. The molecule has 1 fully saturated rings. The summed E-state index contributed by atoms with van der Waals surface area (Å²) >= 11 is 0. The van der Waals surface area contributed by atoms with Crippen molar-refractivity contribution in [2.75, 3.05) is 7.11 Å². The molecular formula is C17H26N2O3. The maximum atomic E-state index is 12.6. The normalized spacial score (nSPS) is 26.3. The Hall–Kier alpha value is -1.62. The Morgan fingerprint density at radius 3 is 2.55 bits per heavy atom. The molecule has 3 unspecified atom stereocenters. The SMILES string of the molecule is CCC1(CC)C(NC(=O)c2c[nH]c(=O)cc2C)C(C)C1OC. The summed E-state index contributed by atoms with van der Waals surface area (Å²) in [6.45, 7) is 8.18. The summed E-state index contributed by atoms with van der Waals surface area (Å²) < 4.78 is 5.65. The second-order valence-corrected chi connectivity index (χ2v) is 6.30. The molecule has 5 nitrogen and oxygen atoms in total. The molecule has 1 aliphatic rings. The minimum atomic E-state index is -0.193. The summed E-state index contributed by atoms with van der Waals surface area (Å²) in [6, 6.07) is 1.54. The summed E-state index contributed by atoms with van der Waals surface area (Å²) in [6.07, 6.45) is 3.58. The van der Waals surface area contributed by atoms with Crippen LogP contribution in [0.4, 0.5) is 0 Å². The molecule has 1 heterocycles. The Kier molecular flexibility index (Phi) is 4.75. The Morgan fingerprint density at radius 2 is 2.05 bits per heavy atom. The first kappa shape index (κ1) is 16.7. The largest absolute Gasteiger partial charge is 0.380 e. The van der Waals surface area contributed by atoms with Crippen molar-refractivity contribution in [2.24, 2.45) is 11.3 Å². The van der Waals surface area contributed by atoms with Crippen LogP contribution in [0.15, 0.2) is 17.1 Å². The monoisotopic (exact) mass is 306 g/mol. The van der Waals surface area contributed by atoms with Crippen LogP contribution in [0.5, 0.6) is 0 Å². The van der Waals surface area contributed by atoms with E-state index in [0.717, 1.165) is 12.8 Å². The fourth-order valence-electron chi connectivity index (χ4n) is 4.13. The maximum Gasteiger partial charge on any atom is 0.253 e. The van der Waals surface area contributed by atoms with Crippen molar-refractivity contribution in [3.63, 3.8) is 0 Å². The number of pyridine rings is 1. The first-order valence-corrected chi connectivity index (χ1v) is 7.94. The molecule has 2 N–H and O–H groups in total. The lowest BCUT2D eigenvalue weighted by atomic mass is 9.53. The van der Waals surface area contributed by atoms with E-state index in [2.05, 4.69) is 31.1 Å². The highest BCUT2D eigenvalue weighted by Gasteiger charge is 2.58. The van der Waals surface area contributed by atoms with Crippen LogP contribution in [0, 0.1) is 18.3 Å². The van der Waals surface area contributed by atoms with Gasteiger partial charge in [0.2, 0.25) is 5.56 Å². The maximum absolute atomic E-state index is 12.6. The molecule has 0 saturated heterocycles. The zero-order valence-electron chi connectivity index (χ0n) is 14.0. The highest BCUT2D eigenvalue weighted by molar-refractivity contribution is 5.95. The fraction of sp³-hybridized carbons (Fsp3) is 0.647. The second-order valence-electron chi connectivity index (χ2n) is 6.30. The molecule has 0 aliphatic heterocycles. The standard InChI is InChI=1S/C17H26N2O3/c1-6-17(7-2)14(11(4)15(17)22-5)19-16(21)12-9-18-13(20)8-10(12)3/h8-9,11,14-15H,6-7H2,1-5H3,(H,18,20)(H,19,21). The van der Waals surface area contributed by atoms with Gasteiger partial charge in [0.15, 0.2) is 0 Å². The van der Waals surface area contributed by atoms with E-state index in [4.69, 9.17) is 4.74 Å².